The Kier molecular flexibility index (Phi) is 4.73. The monoisotopic (exact) mass is 294 g/mol. The van der Waals surface area contributed by atoms with Gasteiger partial charge in [0.1, 0.15) is 12.9 Å². The summed E-state index contributed by atoms with van der Waals surface area (Å²) >= 11 is 0. The van der Waals surface area contributed by atoms with Crippen LogP contribution in [0.5, 0.6) is 0 Å². The number of hydrogen-bond acceptors (Lipinski definition) is 5. The van der Waals surface area contributed by atoms with E-state index < -0.39 is 30.3 Å². The van der Waals surface area contributed by atoms with Crippen LogP contribution in [0, 0.1) is 0 Å². The van der Waals surface area contributed by atoms with Crippen LogP contribution < -0.4 is 5.32 Å². The van der Waals surface area contributed by atoms with Crippen LogP contribution in [-0.2, 0) is 21.0 Å². The van der Waals surface area contributed by atoms with Gasteiger partial charge in [-0.05, 0) is 12.1 Å². The van der Waals surface area contributed by atoms with E-state index in [4.69, 9.17) is 9.52 Å². The first-order chi connectivity index (χ1) is 9.25. The van der Waals surface area contributed by atoms with Gasteiger partial charge in [-0.2, -0.15) is 13.2 Å². The van der Waals surface area contributed by atoms with Gasteiger partial charge in [-0.1, -0.05) is 5.16 Å². The summed E-state index contributed by atoms with van der Waals surface area (Å²) in [5, 5.41) is 13.6. The standard InChI is InChI=1S/C10H9F3N2O5/c1-19-15-7(8(16)17)6-3-2-5(20-6)4-14-9(18)10(11,12)13/h2-3H,4H2,1H3,(H,14,18)(H,16,17). The highest BCUT2D eigenvalue weighted by Gasteiger charge is 2.38. The molecular weight excluding hydrogens is 285 g/mol. The third-order valence-corrected chi connectivity index (χ3v) is 1.96. The highest BCUT2D eigenvalue weighted by Crippen LogP contribution is 2.15. The first-order valence-electron chi connectivity index (χ1n) is 5.04. The summed E-state index contributed by atoms with van der Waals surface area (Å²) in [6.07, 6.45) is -5.00. The molecule has 0 fully saturated rings. The van der Waals surface area contributed by atoms with E-state index in [0.29, 0.717) is 0 Å². The number of carbonyl (C=O) groups is 2. The summed E-state index contributed by atoms with van der Waals surface area (Å²) < 4.78 is 40.8. The van der Waals surface area contributed by atoms with Crippen LogP contribution in [-0.4, -0.2) is 36.0 Å². The SMILES string of the molecule is CON=C(C(=O)O)c1ccc(CNC(=O)C(F)(F)F)o1. The van der Waals surface area contributed by atoms with Crippen molar-refractivity contribution in [2.75, 3.05) is 7.11 Å². The number of halogens is 3. The van der Waals surface area contributed by atoms with Gasteiger partial charge in [0.15, 0.2) is 5.76 Å². The lowest BCUT2D eigenvalue weighted by Crippen LogP contribution is -2.36. The molecule has 0 aromatic carbocycles. The van der Waals surface area contributed by atoms with Crippen molar-refractivity contribution in [3.05, 3.63) is 23.7 Å². The molecule has 0 aliphatic heterocycles. The molecule has 0 aliphatic rings. The predicted octanol–water partition coefficient (Wildman–Crippen LogP) is 0.893. The Labute approximate surface area is 110 Å². The quantitative estimate of drug-likeness (QED) is 0.620. The van der Waals surface area contributed by atoms with E-state index in [1.165, 1.54) is 12.1 Å². The minimum atomic E-state index is -5.00. The highest BCUT2D eigenvalue weighted by atomic mass is 19.4. The van der Waals surface area contributed by atoms with Gasteiger partial charge in [-0.3, -0.25) is 4.79 Å². The fourth-order valence-electron chi connectivity index (χ4n) is 1.15. The number of furan rings is 1. The van der Waals surface area contributed by atoms with E-state index in [0.717, 1.165) is 7.11 Å². The molecule has 20 heavy (non-hydrogen) atoms. The molecular formula is C10H9F3N2O5. The second-order valence-electron chi connectivity index (χ2n) is 3.37. The third kappa shape index (κ3) is 4.00. The summed E-state index contributed by atoms with van der Waals surface area (Å²) in [4.78, 5) is 25.7. The average molecular weight is 294 g/mol. The van der Waals surface area contributed by atoms with Crippen LogP contribution in [0.3, 0.4) is 0 Å². The molecule has 0 aliphatic carbocycles. The molecule has 0 saturated carbocycles. The minimum Gasteiger partial charge on any atom is -0.476 e. The first-order valence-corrected chi connectivity index (χ1v) is 5.04. The third-order valence-electron chi connectivity index (χ3n) is 1.96. The van der Waals surface area contributed by atoms with Crippen LogP contribution in [0.25, 0.3) is 0 Å². The van der Waals surface area contributed by atoms with Crippen LogP contribution in [0.15, 0.2) is 21.7 Å². The van der Waals surface area contributed by atoms with Crippen molar-refractivity contribution in [1.82, 2.24) is 5.32 Å². The fourth-order valence-corrected chi connectivity index (χ4v) is 1.15. The molecule has 2 N–H and O–H groups in total. The zero-order valence-electron chi connectivity index (χ0n) is 10.0. The zero-order valence-corrected chi connectivity index (χ0v) is 10.0. The van der Waals surface area contributed by atoms with Crippen molar-refractivity contribution in [3.8, 4) is 0 Å². The Morgan fingerprint density at radius 1 is 1.45 bits per heavy atom. The number of oxime groups is 1. The second kappa shape index (κ2) is 6.08. The Hall–Kier alpha value is -2.52. The predicted molar refractivity (Wildman–Crippen MR) is 57.8 cm³/mol. The van der Waals surface area contributed by atoms with E-state index in [9.17, 15) is 22.8 Å². The number of carbonyl (C=O) groups excluding carboxylic acids is 1. The van der Waals surface area contributed by atoms with E-state index in [-0.39, 0.29) is 11.5 Å². The van der Waals surface area contributed by atoms with Crippen molar-refractivity contribution < 1.29 is 37.1 Å². The molecule has 10 heteroatoms. The molecule has 1 aromatic rings. The molecule has 0 spiro atoms. The molecule has 1 rings (SSSR count). The lowest BCUT2D eigenvalue weighted by molar-refractivity contribution is -0.173. The Balaban J connectivity index is 2.76. The lowest BCUT2D eigenvalue weighted by Gasteiger charge is -2.05. The van der Waals surface area contributed by atoms with Crippen LogP contribution in [0.4, 0.5) is 13.2 Å². The normalized spacial score (nSPS) is 12.1. The van der Waals surface area contributed by atoms with Crippen molar-refractivity contribution >= 4 is 17.6 Å². The maximum atomic E-state index is 11.9. The molecule has 1 amide bonds. The van der Waals surface area contributed by atoms with E-state index in [1.54, 1.807) is 5.32 Å². The lowest BCUT2D eigenvalue weighted by atomic mass is 10.3. The first kappa shape index (κ1) is 15.5. The smallest absolute Gasteiger partial charge is 0.471 e. The fraction of sp³-hybridized carbons (Fsp3) is 0.300. The largest absolute Gasteiger partial charge is 0.476 e. The van der Waals surface area contributed by atoms with Gasteiger partial charge in [-0.15, -0.1) is 0 Å². The number of carboxylic acid groups (broad SMARTS) is 1. The van der Waals surface area contributed by atoms with Gasteiger partial charge >= 0.3 is 18.1 Å². The van der Waals surface area contributed by atoms with Crippen LogP contribution >= 0.6 is 0 Å². The van der Waals surface area contributed by atoms with E-state index in [1.807, 2.05) is 0 Å². The van der Waals surface area contributed by atoms with Gasteiger partial charge < -0.3 is 19.7 Å². The number of rotatable bonds is 5. The molecule has 0 radical (unpaired) electrons. The summed E-state index contributed by atoms with van der Waals surface area (Å²) in [6, 6.07) is 2.39. The Morgan fingerprint density at radius 2 is 2.10 bits per heavy atom. The number of alkyl halides is 3. The molecule has 0 bridgehead atoms. The number of hydrogen-bond donors (Lipinski definition) is 2. The summed E-state index contributed by atoms with van der Waals surface area (Å²) in [5.41, 5.74) is -0.555. The molecule has 7 nitrogen and oxygen atoms in total. The molecule has 0 unspecified atom stereocenters. The zero-order chi connectivity index (χ0) is 15.3. The molecule has 1 aromatic heterocycles. The van der Waals surface area contributed by atoms with Gasteiger partial charge in [-0.25, -0.2) is 4.79 Å². The molecule has 110 valence electrons. The summed E-state index contributed by atoms with van der Waals surface area (Å²) in [5.74, 6) is -3.84. The van der Waals surface area contributed by atoms with Crippen molar-refractivity contribution in [2.24, 2.45) is 5.16 Å². The second-order valence-corrected chi connectivity index (χ2v) is 3.37. The highest BCUT2D eigenvalue weighted by molar-refractivity contribution is 6.41. The van der Waals surface area contributed by atoms with Crippen LogP contribution in [0.2, 0.25) is 0 Å². The minimum absolute atomic E-state index is 0.0670. The van der Waals surface area contributed by atoms with Gasteiger partial charge in [0, 0.05) is 0 Å². The van der Waals surface area contributed by atoms with Crippen molar-refractivity contribution in [3.63, 3.8) is 0 Å². The Morgan fingerprint density at radius 3 is 2.60 bits per heavy atom. The maximum absolute atomic E-state index is 11.9. The topological polar surface area (TPSA) is 101 Å². The Bertz CT molecular complexity index is 535. The van der Waals surface area contributed by atoms with Gasteiger partial charge in [0.25, 0.3) is 0 Å². The van der Waals surface area contributed by atoms with Crippen LogP contribution in [0.1, 0.15) is 11.5 Å². The van der Waals surface area contributed by atoms with Gasteiger partial charge in [0.05, 0.1) is 6.54 Å². The number of nitrogens with zero attached hydrogens (tertiary/aromatic N) is 1. The van der Waals surface area contributed by atoms with Crippen molar-refractivity contribution in [1.29, 1.82) is 0 Å². The van der Waals surface area contributed by atoms with Crippen molar-refractivity contribution in [2.45, 2.75) is 12.7 Å². The number of aliphatic carboxylic acids is 1. The van der Waals surface area contributed by atoms with E-state index in [2.05, 4.69) is 9.99 Å². The summed E-state index contributed by atoms with van der Waals surface area (Å²) in [6.45, 7) is -0.543. The maximum Gasteiger partial charge on any atom is 0.471 e. The number of carboxylic acids is 1. The van der Waals surface area contributed by atoms with Gasteiger partial charge in [0.2, 0.25) is 5.71 Å². The molecule has 0 saturated heterocycles. The number of nitrogens with one attached hydrogen (secondary N) is 1. The molecule has 0 atom stereocenters. The molecule has 1 heterocycles. The van der Waals surface area contributed by atoms with E-state index >= 15 is 0 Å². The average Bonchev–Trinajstić information content (AvgIpc) is 2.79. The summed E-state index contributed by atoms with van der Waals surface area (Å²) in [7, 11) is 1.12. The number of amides is 1.